The van der Waals surface area contributed by atoms with Gasteiger partial charge in [0.1, 0.15) is 13.2 Å². The van der Waals surface area contributed by atoms with Gasteiger partial charge in [-0.3, -0.25) is 14.4 Å². The summed E-state index contributed by atoms with van der Waals surface area (Å²) in [6, 6.07) is 0. The average molecular weight is 881 g/mol. The topological polar surface area (TPSA) is 78.9 Å². The highest BCUT2D eigenvalue weighted by Gasteiger charge is 2.19. The number of esters is 3. The van der Waals surface area contributed by atoms with Gasteiger partial charge in [-0.1, -0.05) is 236 Å². The molecule has 0 aliphatic rings. The predicted molar refractivity (Wildman–Crippen MR) is 270 cm³/mol. The Balaban J connectivity index is 4.43. The van der Waals surface area contributed by atoms with Gasteiger partial charge < -0.3 is 14.2 Å². The van der Waals surface area contributed by atoms with Gasteiger partial charge in [0.2, 0.25) is 0 Å². The van der Waals surface area contributed by atoms with Crippen LogP contribution in [0.25, 0.3) is 0 Å². The minimum atomic E-state index is -0.799. The summed E-state index contributed by atoms with van der Waals surface area (Å²) in [5, 5.41) is 0. The maximum absolute atomic E-state index is 12.8. The molecule has 0 saturated heterocycles. The Labute approximate surface area is 390 Å². The molecule has 6 heteroatoms. The van der Waals surface area contributed by atoms with Crippen LogP contribution in [0.1, 0.15) is 265 Å². The Morgan fingerprint density at radius 1 is 0.333 bits per heavy atom. The van der Waals surface area contributed by atoms with Crippen LogP contribution in [-0.4, -0.2) is 37.2 Å². The third-order valence-corrected chi connectivity index (χ3v) is 11.5. The summed E-state index contributed by atoms with van der Waals surface area (Å²) in [7, 11) is 0. The number of unbranched alkanes of at least 4 members (excludes halogenated alkanes) is 27. The van der Waals surface area contributed by atoms with Crippen LogP contribution in [0.2, 0.25) is 0 Å². The summed E-state index contributed by atoms with van der Waals surface area (Å²) in [6.07, 6.45) is 63.6. The van der Waals surface area contributed by atoms with Crippen molar-refractivity contribution >= 4 is 17.9 Å². The fourth-order valence-electron chi connectivity index (χ4n) is 7.51. The van der Waals surface area contributed by atoms with Crippen LogP contribution in [0.3, 0.4) is 0 Å². The smallest absolute Gasteiger partial charge is 0.306 e. The van der Waals surface area contributed by atoms with Crippen LogP contribution in [0, 0.1) is 0 Å². The molecule has 0 aliphatic heterocycles. The summed E-state index contributed by atoms with van der Waals surface area (Å²) in [5.41, 5.74) is 0. The van der Waals surface area contributed by atoms with Crippen LogP contribution in [0.15, 0.2) is 60.8 Å². The van der Waals surface area contributed by atoms with Crippen molar-refractivity contribution in [2.24, 2.45) is 0 Å². The van der Waals surface area contributed by atoms with Gasteiger partial charge in [0.05, 0.1) is 0 Å². The van der Waals surface area contributed by atoms with Crippen molar-refractivity contribution in [1.29, 1.82) is 0 Å². The minimum absolute atomic E-state index is 0.0962. The number of rotatable bonds is 48. The monoisotopic (exact) mass is 881 g/mol. The Bertz CT molecular complexity index is 1150. The molecule has 0 heterocycles. The molecule has 0 aromatic rings. The van der Waals surface area contributed by atoms with Gasteiger partial charge in [-0.05, 0) is 70.6 Å². The minimum Gasteiger partial charge on any atom is -0.462 e. The summed E-state index contributed by atoms with van der Waals surface area (Å²) < 4.78 is 16.8. The van der Waals surface area contributed by atoms with E-state index in [0.29, 0.717) is 19.3 Å². The molecule has 0 N–H and O–H groups in total. The predicted octanol–water partition coefficient (Wildman–Crippen LogP) is 17.6. The highest BCUT2D eigenvalue weighted by atomic mass is 16.6. The van der Waals surface area contributed by atoms with Gasteiger partial charge in [-0.2, -0.15) is 0 Å². The fourth-order valence-corrected chi connectivity index (χ4v) is 7.51. The Morgan fingerprint density at radius 3 is 1.06 bits per heavy atom. The van der Waals surface area contributed by atoms with Gasteiger partial charge in [0.15, 0.2) is 6.10 Å². The first-order valence-electron chi connectivity index (χ1n) is 26.8. The van der Waals surface area contributed by atoms with E-state index in [0.717, 1.165) is 77.0 Å². The van der Waals surface area contributed by atoms with E-state index < -0.39 is 6.10 Å². The van der Waals surface area contributed by atoms with Crippen molar-refractivity contribution < 1.29 is 28.6 Å². The summed E-state index contributed by atoms with van der Waals surface area (Å²) in [6.45, 7) is 6.47. The molecule has 0 rings (SSSR count). The molecule has 0 amide bonds. The van der Waals surface area contributed by atoms with Crippen LogP contribution < -0.4 is 0 Å². The van der Waals surface area contributed by atoms with Crippen LogP contribution in [0.4, 0.5) is 0 Å². The zero-order valence-electron chi connectivity index (χ0n) is 41.6. The van der Waals surface area contributed by atoms with Crippen molar-refractivity contribution in [2.45, 2.75) is 271 Å². The van der Waals surface area contributed by atoms with Gasteiger partial charge in [-0.15, -0.1) is 0 Å². The second-order valence-electron chi connectivity index (χ2n) is 17.8. The second kappa shape index (κ2) is 51.7. The number of carbonyl (C=O) groups excluding carboxylic acids is 3. The van der Waals surface area contributed by atoms with Crippen LogP contribution in [-0.2, 0) is 28.6 Å². The third-order valence-electron chi connectivity index (χ3n) is 11.5. The van der Waals surface area contributed by atoms with Crippen molar-refractivity contribution in [2.75, 3.05) is 13.2 Å². The quantitative estimate of drug-likeness (QED) is 0.0262. The molecule has 0 fully saturated rings. The molecular weight excluding hydrogens is 781 g/mol. The highest BCUT2D eigenvalue weighted by Crippen LogP contribution is 2.15. The number of allylic oxidation sites excluding steroid dienone is 10. The van der Waals surface area contributed by atoms with E-state index in [1.54, 1.807) is 0 Å². The third kappa shape index (κ3) is 50.0. The average Bonchev–Trinajstić information content (AvgIpc) is 3.28. The summed E-state index contributed by atoms with van der Waals surface area (Å²) >= 11 is 0. The standard InChI is InChI=1S/C57H100O6/c1-4-7-10-13-16-19-22-25-27-29-32-35-38-41-44-47-50-56(59)62-53-54(52-61-55(58)49-46-43-40-37-34-31-24-21-18-15-12-9-6-3)63-57(60)51-48-45-42-39-36-33-30-28-26-23-20-17-14-11-8-5-2/h7,10,16,19,25,27,31,34,40,43,54H,4-6,8-9,11-15,17-18,20-24,26,28-30,32-33,35-39,41-42,44-53H2,1-3H3/b10-7+,19-16+,27-25+,34-31+,43-40+. The number of hydrogen-bond donors (Lipinski definition) is 0. The van der Waals surface area contributed by atoms with E-state index in [1.807, 2.05) is 6.08 Å². The lowest BCUT2D eigenvalue weighted by Gasteiger charge is -2.18. The fraction of sp³-hybridized carbons (Fsp3) is 0.772. The van der Waals surface area contributed by atoms with Gasteiger partial charge >= 0.3 is 17.9 Å². The number of ether oxygens (including phenoxy) is 3. The Kier molecular flexibility index (Phi) is 49.4. The molecular formula is C57H100O6. The number of carbonyl (C=O) groups is 3. The molecule has 0 saturated carbocycles. The number of hydrogen-bond acceptors (Lipinski definition) is 6. The van der Waals surface area contributed by atoms with Crippen LogP contribution in [0.5, 0.6) is 0 Å². The molecule has 0 aromatic heterocycles. The first-order valence-corrected chi connectivity index (χ1v) is 26.8. The maximum Gasteiger partial charge on any atom is 0.306 e. The van der Waals surface area contributed by atoms with Crippen molar-refractivity contribution in [3.8, 4) is 0 Å². The maximum atomic E-state index is 12.8. The molecule has 0 spiro atoms. The lowest BCUT2D eigenvalue weighted by molar-refractivity contribution is -0.166. The van der Waals surface area contributed by atoms with E-state index in [9.17, 15) is 14.4 Å². The molecule has 6 nitrogen and oxygen atoms in total. The molecule has 0 bridgehead atoms. The normalized spacial score (nSPS) is 12.5. The lowest BCUT2D eigenvalue weighted by atomic mass is 10.0. The molecule has 1 atom stereocenters. The van der Waals surface area contributed by atoms with E-state index in [2.05, 4.69) is 75.5 Å². The molecule has 0 radical (unpaired) electrons. The zero-order chi connectivity index (χ0) is 45.8. The van der Waals surface area contributed by atoms with E-state index in [1.165, 1.54) is 141 Å². The molecule has 0 aromatic carbocycles. The summed E-state index contributed by atoms with van der Waals surface area (Å²) in [4.78, 5) is 38.0. The van der Waals surface area contributed by atoms with Crippen molar-refractivity contribution in [1.82, 2.24) is 0 Å². The van der Waals surface area contributed by atoms with Crippen molar-refractivity contribution in [3.05, 3.63) is 60.8 Å². The largest absolute Gasteiger partial charge is 0.462 e. The van der Waals surface area contributed by atoms with Gasteiger partial charge in [-0.25, -0.2) is 0 Å². The van der Waals surface area contributed by atoms with Crippen molar-refractivity contribution in [3.63, 3.8) is 0 Å². The Hall–Kier alpha value is -2.89. The highest BCUT2D eigenvalue weighted by molar-refractivity contribution is 5.71. The molecule has 1 unspecified atom stereocenters. The van der Waals surface area contributed by atoms with E-state index in [-0.39, 0.29) is 37.5 Å². The SMILES string of the molecule is CC/C=C/C/C=C/C/C=C/CCCCCCCCC(=O)OCC(COC(=O)CC/C=C/C/C=C/CCCCCCCC)OC(=O)CCCCCCCCCCCCCCCCCC. The van der Waals surface area contributed by atoms with E-state index >= 15 is 0 Å². The lowest BCUT2D eigenvalue weighted by Crippen LogP contribution is -2.30. The zero-order valence-corrected chi connectivity index (χ0v) is 41.6. The second-order valence-corrected chi connectivity index (χ2v) is 17.8. The van der Waals surface area contributed by atoms with Gasteiger partial charge in [0.25, 0.3) is 0 Å². The van der Waals surface area contributed by atoms with Crippen LogP contribution >= 0.6 is 0 Å². The molecule has 0 aliphatic carbocycles. The first-order chi connectivity index (χ1) is 31.0. The Morgan fingerprint density at radius 2 is 0.651 bits per heavy atom. The molecule has 364 valence electrons. The summed E-state index contributed by atoms with van der Waals surface area (Å²) in [5.74, 6) is -0.970. The van der Waals surface area contributed by atoms with Gasteiger partial charge in [0, 0.05) is 19.3 Å². The molecule has 63 heavy (non-hydrogen) atoms. The van der Waals surface area contributed by atoms with E-state index in [4.69, 9.17) is 14.2 Å². The first kappa shape index (κ1) is 60.1.